The number of anilines is 2. The third-order valence-corrected chi connectivity index (χ3v) is 7.03. The zero-order valence-corrected chi connectivity index (χ0v) is 20.9. The molecule has 3 aromatic heterocycles. The number of nitrogens with zero attached hydrogens (tertiary/aromatic N) is 3. The summed E-state index contributed by atoms with van der Waals surface area (Å²) in [5.74, 6) is 4.16. The predicted molar refractivity (Wildman–Crippen MR) is 150 cm³/mol. The van der Waals surface area contributed by atoms with E-state index in [9.17, 15) is 4.79 Å². The first-order valence-electron chi connectivity index (χ1n) is 12.8. The van der Waals surface area contributed by atoms with Gasteiger partial charge in [0.2, 0.25) is 5.95 Å². The Morgan fingerprint density at radius 2 is 1.97 bits per heavy atom. The number of hydrogen-bond acceptors (Lipinski definition) is 6. The summed E-state index contributed by atoms with van der Waals surface area (Å²) in [7, 11) is 0. The van der Waals surface area contributed by atoms with Gasteiger partial charge in [0, 0.05) is 34.9 Å². The van der Waals surface area contributed by atoms with E-state index < -0.39 is 0 Å². The normalized spacial score (nSPS) is 15.3. The van der Waals surface area contributed by atoms with E-state index >= 15 is 0 Å². The quantitative estimate of drug-likeness (QED) is 0.308. The first-order valence-corrected chi connectivity index (χ1v) is 12.8. The summed E-state index contributed by atoms with van der Waals surface area (Å²) in [5.41, 5.74) is 4.47. The minimum absolute atomic E-state index is 0.256. The number of nitrogens with one attached hydrogen (secondary N) is 2. The number of hydrogen-bond donors (Lipinski definition) is 2. The van der Waals surface area contributed by atoms with Crippen molar-refractivity contribution < 1.29 is 4.42 Å². The predicted octanol–water partition coefficient (Wildman–Crippen LogP) is 5.29. The molecule has 0 saturated carbocycles. The van der Waals surface area contributed by atoms with Crippen LogP contribution in [0.4, 0.5) is 11.6 Å². The number of piperidine rings is 1. The highest BCUT2D eigenvalue weighted by Crippen LogP contribution is 2.27. The van der Waals surface area contributed by atoms with Gasteiger partial charge in [-0.25, -0.2) is 4.98 Å². The number of furan rings is 1. The molecular formula is C31H27N5O2. The highest BCUT2D eigenvalue weighted by molar-refractivity contribution is 5.77. The van der Waals surface area contributed by atoms with Crippen LogP contribution in [0.1, 0.15) is 35.4 Å². The second-order valence-corrected chi connectivity index (χ2v) is 9.50. The Morgan fingerprint density at radius 1 is 1.13 bits per heavy atom. The van der Waals surface area contributed by atoms with Crippen LogP contribution < -0.4 is 16.2 Å². The summed E-state index contributed by atoms with van der Waals surface area (Å²) in [5, 5.41) is 7.44. The number of aromatic nitrogens is 3. The largest absolute Gasteiger partial charge is 0.464 e. The molecule has 7 nitrogen and oxygen atoms in total. The highest BCUT2D eigenvalue weighted by atomic mass is 16.3. The van der Waals surface area contributed by atoms with Crippen LogP contribution in [-0.4, -0.2) is 27.6 Å². The summed E-state index contributed by atoms with van der Waals surface area (Å²) in [4.78, 5) is 22.6. The molecule has 6 rings (SSSR count). The van der Waals surface area contributed by atoms with E-state index in [1.807, 2.05) is 48.5 Å². The van der Waals surface area contributed by atoms with Gasteiger partial charge in [0.05, 0.1) is 18.4 Å². The molecule has 1 fully saturated rings. The topological polar surface area (TPSA) is 85.0 Å². The molecule has 0 amide bonds. The van der Waals surface area contributed by atoms with Gasteiger partial charge in [0.25, 0.3) is 5.56 Å². The highest BCUT2D eigenvalue weighted by Gasteiger charge is 2.17. The zero-order valence-electron chi connectivity index (χ0n) is 20.9. The van der Waals surface area contributed by atoms with Crippen molar-refractivity contribution in [2.45, 2.75) is 25.3 Å². The third kappa shape index (κ3) is 4.70. The first kappa shape index (κ1) is 23.7. The fourth-order valence-corrected chi connectivity index (χ4v) is 5.05. The Bertz CT molecular complexity index is 1670. The third-order valence-electron chi connectivity index (χ3n) is 7.03. The van der Waals surface area contributed by atoms with Crippen LogP contribution in [0, 0.1) is 12.3 Å². The standard InChI is InChI=1S/C31H27N5O2/c1-2-21-17-26-19-33-31(34-27-12-10-22(11-13-27)24-9-6-15-32-18-24)35-29(26)36(30(21)37)20-25-14-16-38-28(25)23-7-4-3-5-8-23/h1,3-5,7-8,10-14,16-17,19,24,32H,6,9,15,18,20H2,(H,33,34,35). The summed E-state index contributed by atoms with van der Waals surface area (Å²) in [6, 6.07) is 21.7. The second kappa shape index (κ2) is 10.4. The molecule has 5 aromatic rings. The van der Waals surface area contributed by atoms with Crippen molar-refractivity contribution in [1.29, 1.82) is 0 Å². The lowest BCUT2D eigenvalue weighted by molar-refractivity contribution is 0.461. The molecule has 0 spiro atoms. The Balaban J connectivity index is 1.34. The fraction of sp³-hybridized carbons (Fsp3) is 0.194. The van der Waals surface area contributed by atoms with Gasteiger partial charge in [-0.1, -0.05) is 48.4 Å². The van der Waals surface area contributed by atoms with Crippen molar-refractivity contribution in [3.05, 3.63) is 106 Å². The second-order valence-electron chi connectivity index (χ2n) is 9.50. The van der Waals surface area contributed by atoms with E-state index in [1.165, 1.54) is 18.4 Å². The maximum absolute atomic E-state index is 13.3. The van der Waals surface area contributed by atoms with Gasteiger partial charge in [-0.3, -0.25) is 9.36 Å². The van der Waals surface area contributed by atoms with Gasteiger partial charge in [-0.15, -0.1) is 6.42 Å². The Kier molecular flexibility index (Phi) is 6.47. The van der Waals surface area contributed by atoms with Crippen LogP contribution in [0.2, 0.25) is 0 Å². The van der Waals surface area contributed by atoms with Crippen molar-refractivity contribution >= 4 is 22.7 Å². The number of pyridine rings is 1. The summed E-state index contributed by atoms with van der Waals surface area (Å²) in [6.45, 7) is 2.37. The fourth-order valence-electron chi connectivity index (χ4n) is 5.05. The maximum Gasteiger partial charge on any atom is 0.268 e. The average molecular weight is 502 g/mol. The molecule has 1 unspecified atom stereocenters. The summed E-state index contributed by atoms with van der Waals surface area (Å²) in [6.07, 6.45) is 11.4. The van der Waals surface area contributed by atoms with Crippen LogP contribution >= 0.6 is 0 Å². The van der Waals surface area contributed by atoms with Crippen LogP contribution in [-0.2, 0) is 6.54 Å². The smallest absolute Gasteiger partial charge is 0.268 e. The lowest BCUT2D eigenvalue weighted by Gasteiger charge is -2.23. The van der Waals surface area contributed by atoms with E-state index in [-0.39, 0.29) is 17.7 Å². The molecule has 188 valence electrons. The number of fused-ring (bicyclic) bond motifs is 1. The van der Waals surface area contributed by atoms with Gasteiger partial charge in [-0.2, -0.15) is 4.98 Å². The Hall–Kier alpha value is -4.67. The van der Waals surface area contributed by atoms with Gasteiger partial charge >= 0.3 is 0 Å². The molecule has 4 heterocycles. The van der Waals surface area contributed by atoms with Crippen molar-refractivity contribution in [2.24, 2.45) is 0 Å². The molecule has 7 heteroatoms. The molecular weight excluding hydrogens is 474 g/mol. The van der Waals surface area contributed by atoms with Gasteiger partial charge in [0.15, 0.2) is 0 Å². The zero-order chi connectivity index (χ0) is 25.9. The Morgan fingerprint density at radius 3 is 2.74 bits per heavy atom. The lowest BCUT2D eigenvalue weighted by atomic mass is 9.92. The van der Waals surface area contributed by atoms with Gasteiger partial charge < -0.3 is 15.1 Å². The van der Waals surface area contributed by atoms with Crippen molar-refractivity contribution in [1.82, 2.24) is 19.9 Å². The monoisotopic (exact) mass is 501 g/mol. The lowest BCUT2D eigenvalue weighted by Crippen LogP contribution is -2.28. The van der Waals surface area contributed by atoms with E-state index in [1.54, 1.807) is 23.1 Å². The van der Waals surface area contributed by atoms with E-state index in [0.29, 0.717) is 28.7 Å². The number of rotatable bonds is 6. The molecule has 1 atom stereocenters. The van der Waals surface area contributed by atoms with E-state index in [0.717, 1.165) is 29.9 Å². The molecule has 0 aliphatic carbocycles. The molecule has 0 bridgehead atoms. The minimum Gasteiger partial charge on any atom is -0.464 e. The van der Waals surface area contributed by atoms with E-state index in [2.05, 4.69) is 33.7 Å². The number of terminal acetylenes is 1. The average Bonchev–Trinajstić information content (AvgIpc) is 3.44. The van der Waals surface area contributed by atoms with Crippen molar-refractivity contribution in [3.8, 4) is 23.7 Å². The van der Waals surface area contributed by atoms with Crippen LogP contribution in [0.5, 0.6) is 0 Å². The van der Waals surface area contributed by atoms with Crippen LogP contribution in [0.15, 0.2) is 88.4 Å². The van der Waals surface area contributed by atoms with Gasteiger partial charge in [0.1, 0.15) is 11.4 Å². The molecule has 1 saturated heterocycles. The SMILES string of the molecule is C#Cc1cc2cnc(Nc3ccc(C4CCCNC4)cc3)nc2n(Cc2ccoc2-c2ccccc2)c1=O. The Labute approximate surface area is 220 Å². The summed E-state index contributed by atoms with van der Waals surface area (Å²) < 4.78 is 7.37. The molecule has 0 radical (unpaired) electrons. The molecule has 38 heavy (non-hydrogen) atoms. The summed E-state index contributed by atoms with van der Waals surface area (Å²) >= 11 is 0. The number of benzene rings is 2. The minimum atomic E-state index is -0.282. The molecule has 2 N–H and O–H groups in total. The van der Waals surface area contributed by atoms with E-state index in [4.69, 9.17) is 15.8 Å². The maximum atomic E-state index is 13.3. The molecule has 2 aromatic carbocycles. The van der Waals surface area contributed by atoms with Crippen LogP contribution in [0.3, 0.4) is 0 Å². The van der Waals surface area contributed by atoms with Gasteiger partial charge in [-0.05, 0) is 55.1 Å². The first-order chi connectivity index (χ1) is 18.7. The van der Waals surface area contributed by atoms with Crippen molar-refractivity contribution in [2.75, 3.05) is 18.4 Å². The molecule has 1 aliphatic rings. The molecule has 1 aliphatic heterocycles. The van der Waals surface area contributed by atoms with Crippen molar-refractivity contribution in [3.63, 3.8) is 0 Å². The van der Waals surface area contributed by atoms with Crippen LogP contribution in [0.25, 0.3) is 22.4 Å².